The number of hydrogen-bond acceptors (Lipinski definition) is 2. The molecule has 0 spiro atoms. The quantitative estimate of drug-likeness (QED) is 0.288. The van der Waals surface area contributed by atoms with E-state index < -0.39 is 0 Å². The fourth-order valence-corrected chi connectivity index (χ4v) is 1.29. The van der Waals surface area contributed by atoms with E-state index in [2.05, 4.69) is 24.2 Å². The van der Waals surface area contributed by atoms with Crippen molar-refractivity contribution in [3.63, 3.8) is 0 Å². The van der Waals surface area contributed by atoms with Gasteiger partial charge in [-0.25, -0.2) is 0 Å². The van der Waals surface area contributed by atoms with Crippen LogP contribution in [0.25, 0.3) is 0 Å². The van der Waals surface area contributed by atoms with Gasteiger partial charge in [0.05, 0.1) is 0 Å². The first-order valence-corrected chi connectivity index (χ1v) is 6.28. The maximum absolute atomic E-state index is 5.70. The summed E-state index contributed by atoms with van der Waals surface area (Å²) in [5.74, 6) is 1.31. The Morgan fingerprint density at radius 1 is 1.35 bits per heavy atom. The molecular weight excluding hydrogens is 329 g/mol. The molecule has 0 aromatic heterocycles. The molecule has 0 aliphatic rings. The van der Waals surface area contributed by atoms with Crippen molar-refractivity contribution < 1.29 is 4.74 Å². The molecule has 0 aliphatic carbocycles. The van der Waals surface area contributed by atoms with Crippen molar-refractivity contribution in [1.82, 2.24) is 5.32 Å². The molecule has 0 bridgehead atoms. The lowest BCUT2D eigenvalue weighted by Gasteiger charge is -2.07. The third kappa shape index (κ3) is 16.0. The average molecular weight is 357 g/mol. The Morgan fingerprint density at radius 2 is 2.06 bits per heavy atom. The first-order valence-electron chi connectivity index (χ1n) is 6.28. The predicted octanol–water partition coefficient (Wildman–Crippen LogP) is 2.37. The number of ether oxygens (including phenoxy) is 1. The molecule has 0 amide bonds. The summed E-state index contributed by atoms with van der Waals surface area (Å²) in [5, 5.41) is 3.12. The van der Waals surface area contributed by atoms with Crippen molar-refractivity contribution >= 4 is 29.9 Å². The second-order valence-electron chi connectivity index (χ2n) is 4.28. The minimum Gasteiger partial charge on any atom is -0.382 e. The largest absolute Gasteiger partial charge is 0.382 e. The summed E-state index contributed by atoms with van der Waals surface area (Å²) in [4.78, 5) is 4.22. The van der Waals surface area contributed by atoms with Gasteiger partial charge in [0.2, 0.25) is 0 Å². The van der Waals surface area contributed by atoms with Crippen molar-refractivity contribution in [1.29, 1.82) is 0 Å². The van der Waals surface area contributed by atoms with Crippen LogP contribution in [0.3, 0.4) is 0 Å². The maximum Gasteiger partial charge on any atom is 0.188 e. The summed E-state index contributed by atoms with van der Waals surface area (Å²) in [6.07, 6.45) is 3.31. The Kier molecular flexibility index (Phi) is 15.9. The van der Waals surface area contributed by atoms with Crippen LogP contribution < -0.4 is 11.1 Å². The van der Waals surface area contributed by atoms with Gasteiger partial charge in [0.25, 0.3) is 0 Å². The van der Waals surface area contributed by atoms with E-state index in [1.54, 1.807) is 0 Å². The molecule has 0 aliphatic heterocycles. The molecule has 4 nitrogen and oxygen atoms in total. The van der Waals surface area contributed by atoms with Gasteiger partial charge < -0.3 is 15.8 Å². The summed E-state index contributed by atoms with van der Waals surface area (Å²) in [7, 11) is 0. The topological polar surface area (TPSA) is 59.6 Å². The SMILES string of the molecule is CCOCCCN=C(N)NCCCC(C)C.I. The maximum atomic E-state index is 5.70. The number of hydrogen-bond donors (Lipinski definition) is 2. The summed E-state index contributed by atoms with van der Waals surface area (Å²) in [6.45, 7) is 9.64. The van der Waals surface area contributed by atoms with Crippen LogP contribution >= 0.6 is 24.0 Å². The normalized spacial score (nSPS) is 11.4. The Bertz CT molecular complexity index is 187. The highest BCUT2D eigenvalue weighted by Crippen LogP contribution is 2.01. The highest BCUT2D eigenvalue weighted by atomic mass is 127. The van der Waals surface area contributed by atoms with Gasteiger partial charge in [0.1, 0.15) is 0 Å². The molecule has 0 unspecified atom stereocenters. The van der Waals surface area contributed by atoms with E-state index in [0.29, 0.717) is 5.96 Å². The highest BCUT2D eigenvalue weighted by Gasteiger charge is 1.94. The number of halogens is 1. The molecule has 0 atom stereocenters. The Balaban J connectivity index is 0. The average Bonchev–Trinajstić information content (AvgIpc) is 2.24. The van der Waals surface area contributed by atoms with E-state index in [1.165, 1.54) is 6.42 Å². The molecule has 0 fully saturated rings. The lowest BCUT2D eigenvalue weighted by molar-refractivity contribution is 0.146. The van der Waals surface area contributed by atoms with Gasteiger partial charge in [-0.15, -0.1) is 24.0 Å². The van der Waals surface area contributed by atoms with E-state index in [0.717, 1.165) is 45.1 Å². The van der Waals surface area contributed by atoms with Crippen LogP contribution in [0, 0.1) is 5.92 Å². The van der Waals surface area contributed by atoms with E-state index in [4.69, 9.17) is 10.5 Å². The zero-order valence-corrected chi connectivity index (χ0v) is 13.7. The number of nitrogens with one attached hydrogen (secondary N) is 1. The Labute approximate surface area is 123 Å². The third-order valence-corrected chi connectivity index (χ3v) is 2.20. The standard InChI is InChI=1S/C12H27N3O.HI/c1-4-16-10-6-9-15-12(13)14-8-5-7-11(2)3;/h11H,4-10H2,1-3H3,(H3,13,14,15);1H. The third-order valence-electron chi connectivity index (χ3n) is 2.20. The van der Waals surface area contributed by atoms with E-state index in [9.17, 15) is 0 Å². The van der Waals surface area contributed by atoms with Crippen LogP contribution in [0.1, 0.15) is 40.0 Å². The molecular formula is C12H28IN3O. The second kappa shape index (κ2) is 14.0. The molecule has 17 heavy (non-hydrogen) atoms. The summed E-state index contributed by atoms with van der Waals surface area (Å²) in [5.41, 5.74) is 5.70. The van der Waals surface area contributed by atoms with Crippen molar-refractivity contribution in [2.75, 3.05) is 26.3 Å². The molecule has 3 N–H and O–H groups in total. The smallest absolute Gasteiger partial charge is 0.188 e. The molecule has 104 valence electrons. The number of aliphatic imine (C=N–C) groups is 1. The molecule has 0 heterocycles. The number of nitrogens with zero attached hydrogens (tertiary/aromatic N) is 1. The first kappa shape index (κ1) is 19.3. The fourth-order valence-electron chi connectivity index (χ4n) is 1.29. The van der Waals surface area contributed by atoms with Gasteiger partial charge in [-0.3, -0.25) is 4.99 Å². The summed E-state index contributed by atoms with van der Waals surface area (Å²) in [6, 6.07) is 0. The van der Waals surface area contributed by atoms with Crippen LogP contribution in [0.4, 0.5) is 0 Å². The molecule has 0 saturated carbocycles. The molecule has 0 saturated heterocycles. The van der Waals surface area contributed by atoms with Gasteiger partial charge in [-0.1, -0.05) is 13.8 Å². The van der Waals surface area contributed by atoms with Gasteiger partial charge >= 0.3 is 0 Å². The highest BCUT2D eigenvalue weighted by molar-refractivity contribution is 14.0. The van der Waals surface area contributed by atoms with Gasteiger partial charge in [-0.05, 0) is 32.1 Å². The Hall–Kier alpha value is -0.0400. The number of rotatable bonds is 9. The summed E-state index contributed by atoms with van der Waals surface area (Å²) >= 11 is 0. The first-order chi connectivity index (χ1) is 7.66. The summed E-state index contributed by atoms with van der Waals surface area (Å²) < 4.78 is 5.21. The Morgan fingerprint density at radius 3 is 2.65 bits per heavy atom. The minimum absolute atomic E-state index is 0. The number of nitrogens with two attached hydrogens (primary N) is 1. The van der Waals surface area contributed by atoms with E-state index >= 15 is 0 Å². The zero-order valence-electron chi connectivity index (χ0n) is 11.4. The van der Waals surface area contributed by atoms with Crippen molar-refractivity contribution in [2.45, 2.75) is 40.0 Å². The lowest BCUT2D eigenvalue weighted by atomic mass is 10.1. The number of guanidine groups is 1. The van der Waals surface area contributed by atoms with Crippen molar-refractivity contribution in [2.24, 2.45) is 16.6 Å². The molecule has 0 rings (SSSR count). The van der Waals surface area contributed by atoms with Crippen LogP contribution in [0.15, 0.2) is 4.99 Å². The molecule has 0 aromatic rings. The van der Waals surface area contributed by atoms with E-state index in [1.807, 2.05) is 6.92 Å². The second-order valence-corrected chi connectivity index (χ2v) is 4.28. The van der Waals surface area contributed by atoms with Crippen molar-refractivity contribution in [3.05, 3.63) is 0 Å². The monoisotopic (exact) mass is 357 g/mol. The molecule has 5 heteroatoms. The van der Waals surface area contributed by atoms with E-state index in [-0.39, 0.29) is 24.0 Å². The predicted molar refractivity (Wildman–Crippen MR) is 85.1 cm³/mol. The van der Waals surface area contributed by atoms with Crippen molar-refractivity contribution in [3.8, 4) is 0 Å². The van der Waals surface area contributed by atoms with Crippen LogP contribution in [0.2, 0.25) is 0 Å². The lowest BCUT2D eigenvalue weighted by Crippen LogP contribution is -2.32. The fraction of sp³-hybridized carbons (Fsp3) is 0.917. The van der Waals surface area contributed by atoms with Gasteiger partial charge in [-0.2, -0.15) is 0 Å². The van der Waals surface area contributed by atoms with Gasteiger partial charge in [0.15, 0.2) is 5.96 Å². The van der Waals surface area contributed by atoms with Gasteiger partial charge in [0, 0.05) is 26.3 Å². The zero-order chi connectivity index (χ0) is 12.2. The van der Waals surface area contributed by atoms with Crippen LogP contribution in [-0.2, 0) is 4.74 Å². The molecule has 0 aromatic carbocycles. The van der Waals surface area contributed by atoms with Crippen LogP contribution in [-0.4, -0.2) is 32.3 Å². The minimum atomic E-state index is 0. The molecule has 0 radical (unpaired) electrons. The van der Waals surface area contributed by atoms with Crippen LogP contribution in [0.5, 0.6) is 0 Å².